The molecule has 1 fully saturated rings. The van der Waals surface area contributed by atoms with Gasteiger partial charge in [-0.05, 0) is 26.3 Å². The Balaban J connectivity index is 2.25. The highest BCUT2D eigenvalue weighted by Crippen LogP contribution is 2.11. The van der Waals surface area contributed by atoms with Crippen LogP contribution < -0.4 is 5.73 Å². The van der Waals surface area contributed by atoms with Gasteiger partial charge in [-0.1, -0.05) is 0 Å². The quantitative estimate of drug-likeness (QED) is 0.671. The minimum atomic E-state index is 0.278. The molecule has 0 aromatic heterocycles. The zero-order chi connectivity index (χ0) is 8.97. The van der Waals surface area contributed by atoms with Crippen LogP contribution in [-0.4, -0.2) is 43.8 Å². The maximum atomic E-state index is 5.73. The second-order valence-corrected chi connectivity index (χ2v) is 3.74. The fourth-order valence-electron chi connectivity index (χ4n) is 1.78. The molecule has 2 N–H and O–H groups in total. The Morgan fingerprint density at radius 2 is 2.42 bits per heavy atom. The predicted molar refractivity (Wildman–Crippen MR) is 50.1 cm³/mol. The van der Waals surface area contributed by atoms with Crippen LogP contribution >= 0.6 is 0 Å². The topological polar surface area (TPSA) is 38.5 Å². The molecule has 1 aliphatic heterocycles. The first-order valence-electron chi connectivity index (χ1n) is 4.73. The second kappa shape index (κ2) is 4.80. The highest BCUT2D eigenvalue weighted by atomic mass is 16.5. The van der Waals surface area contributed by atoms with Crippen LogP contribution in [0.2, 0.25) is 0 Å². The number of methoxy groups -OCH3 is 1. The van der Waals surface area contributed by atoms with Gasteiger partial charge in [0, 0.05) is 26.2 Å². The molecule has 0 aliphatic carbocycles. The second-order valence-electron chi connectivity index (χ2n) is 3.74. The number of nitrogens with zero attached hydrogens (tertiary/aromatic N) is 1. The zero-order valence-corrected chi connectivity index (χ0v) is 8.12. The predicted octanol–water partition coefficient (Wildman–Crippen LogP) is 0.444. The van der Waals surface area contributed by atoms with Gasteiger partial charge in [0.1, 0.15) is 0 Å². The third-order valence-corrected chi connectivity index (χ3v) is 2.34. The molecule has 1 saturated heterocycles. The van der Waals surface area contributed by atoms with E-state index in [0.717, 1.165) is 13.1 Å². The van der Waals surface area contributed by atoms with Crippen molar-refractivity contribution in [3.63, 3.8) is 0 Å². The van der Waals surface area contributed by atoms with Crippen molar-refractivity contribution >= 4 is 0 Å². The zero-order valence-electron chi connectivity index (χ0n) is 8.12. The molecule has 2 atom stereocenters. The van der Waals surface area contributed by atoms with Crippen LogP contribution in [-0.2, 0) is 4.74 Å². The summed E-state index contributed by atoms with van der Waals surface area (Å²) in [5, 5.41) is 0. The Hall–Kier alpha value is -0.120. The Morgan fingerprint density at radius 1 is 1.67 bits per heavy atom. The van der Waals surface area contributed by atoms with E-state index in [1.54, 1.807) is 7.11 Å². The molecule has 0 radical (unpaired) electrons. The van der Waals surface area contributed by atoms with Crippen LogP contribution in [0.3, 0.4) is 0 Å². The van der Waals surface area contributed by atoms with Gasteiger partial charge in [0.05, 0.1) is 6.10 Å². The fourth-order valence-corrected chi connectivity index (χ4v) is 1.78. The lowest BCUT2D eigenvalue weighted by Gasteiger charge is -2.32. The van der Waals surface area contributed by atoms with Gasteiger partial charge >= 0.3 is 0 Å². The SMILES string of the molecule is COC1CCCN(C[C@@H](C)N)C1. The summed E-state index contributed by atoms with van der Waals surface area (Å²) in [6.45, 7) is 5.29. The molecule has 1 heterocycles. The largest absolute Gasteiger partial charge is 0.380 e. The van der Waals surface area contributed by atoms with Gasteiger partial charge in [-0.15, -0.1) is 0 Å². The molecule has 3 heteroatoms. The number of piperidine rings is 1. The van der Waals surface area contributed by atoms with Crippen LogP contribution in [0.1, 0.15) is 19.8 Å². The highest BCUT2D eigenvalue weighted by Gasteiger charge is 2.19. The van der Waals surface area contributed by atoms with Crippen LogP contribution in [0.4, 0.5) is 0 Å². The van der Waals surface area contributed by atoms with E-state index in [9.17, 15) is 0 Å². The monoisotopic (exact) mass is 172 g/mol. The van der Waals surface area contributed by atoms with Crippen LogP contribution in [0.15, 0.2) is 0 Å². The first kappa shape index (κ1) is 9.96. The van der Waals surface area contributed by atoms with E-state index in [1.807, 2.05) is 0 Å². The third-order valence-electron chi connectivity index (χ3n) is 2.34. The van der Waals surface area contributed by atoms with E-state index < -0.39 is 0 Å². The Labute approximate surface area is 74.9 Å². The lowest BCUT2D eigenvalue weighted by atomic mass is 10.1. The number of hydrogen-bond acceptors (Lipinski definition) is 3. The number of nitrogens with two attached hydrogens (primary N) is 1. The van der Waals surface area contributed by atoms with E-state index in [-0.39, 0.29) is 6.04 Å². The summed E-state index contributed by atoms with van der Waals surface area (Å²) in [7, 11) is 1.79. The highest BCUT2D eigenvalue weighted by molar-refractivity contribution is 4.74. The summed E-state index contributed by atoms with van der Waals surface area (Å²) in [6.07, 6.45) is 2.87. The lowest BCUT2D eigenvalue weighted by molar-refractivity contribution is 0.0300. The summed E-state index contributed by atoms with van der Waals surface area (Å²) in [5.41, 5.74) is 5.73. The Kier molecular flexibility index (Phi) is 3.98. The van der Waals surface area contributed by atoms with Crippen molar-refractivity contribution in [1.82, 2.24) is 4.90 Å². The van der Waals surface area contributed by atoms with Crippen molar-refractivity contribution in [3.8, 4) is 0 Å². The molecule has 0 amide bonds. The molecule has 0 aromatic rings. The average molecular weight is 172 g/mol. The smallest absolute Gasteiger partial charge is 0.0698 e. The molecular formula is C9H20N2O. The van der Waals surface area contributed by atoms with Crippen molar-refractivity contribution in [3.05, 3.63) is 0 Å². The molecule has 0 spiro atoms. The van der Waals surface area contributed by atoms with E-state index in [2.05, 4.69) is 11.8 Å². The number of ether oxygens (including phenoxy) is 1. The molecule has 0 saturated carbocycles. The third kappa shape index (κ3) is 3.09. The van der Waals surface area contributed by atoms with Gasteiger partial charge in [0.2, 0.25) is 0 Å². The summed E-state index contributed by atoms with van der Waals surface area (Å²) in [4.78, 5) is 2.39. The van der Waals surface area contributed by atoms with Crippen LogP contribution in [0, 0.1) is 0 Å². The summed E-state index contributed by atoms with van der Waals surface area (Å²) < 4.78 is 5.32. The molecule has 1 aliphatic rings. The van der Waals surface area contributed by atoms with Crippen LogP contribution in [0.5, 0.6) is 0 Å². The first-order chi connectivity index (χ1) is 5.72. The van der Waals surface area contributed by atoms with E-state index >= 15 is 0 Å². The minimum Gasteiger partial charge on any atom is -0.380 e. The fraction of sp³-hybridized carbons (Fsp3) is 1.00. The molecular weight excluding hydrogens is 152 g/mol. The number of rotatable bonds is 3. The molecule has 1 unspecified atom stereocenters. The number of hydrogen-bond donors (Lipinski definition) is 1. The molecule has 12 heavy (non-hydrogen) atoms. The number of likely N-dealkylation sites (tertiary alicyclic amines) is 1. The average Bonchev–Trinajstić information content (AvgIpc) is 2.03. The molecule has 3 nitrogen and oxygen atoms in total. The standard InChI is InChI=1S/C9H20N2O/c1-8(10)6-11-5-3-4-9(7-11)12-2/h8-9H,3-7,10H2,1-2H3/t8-,9?/m1/s1. The van der Waals surface area contributed by atoms with Crippen LogP contribution in [0.25, 0.3) is 0 Å². The molecule has 0 bridgehead atoms. The summed E-state index contributed by atoms with van der Waals surface area (Å²) in [6, 6.07) is 0.278. The Morgan fingerprint density at radius 3 is 3.00 bits per heavy atom. The Bertz CT molecular complexity index is 128. The van der Waals surface area contributed by atoms with Gasteiger partial charge < -0.3 is 10.5 Å². The molecule has 72 valence electrons. The van der Waals surface area contributed by atoms with Gasteiger partial charge in [0.15, 0.2) is 0 Å². The van der Waals surface area contributed by atoms with Gasteiger partial charge in [0.25, 0.3) is 0 Å². The molecule has 0 aromatic carbocycles. The summed E-state index contributed by atoms with van der Waals surface area (Å²) >= 11 is 0. The minimum absolute atomic E-state index is 0.278. The van der Waals surface area contributed by atoms with Crippen molar-refractivity contribution in [1.29, 1.82) is 0 Å². The normalized spacial score (nSPS) is 28.8. The first-order valence-corrected chi connectivity index (χ1v) is 4.73. The van der Waals surface area contributed by atoms with Gasteiger partial charge in [-0.25, -0.2) is 0 Å². The van der Waals surface area contributed by atoms with Gasteiger partial charge in [-0.3, -0.25) is 4.90 Å². The van der Waals surface area contributed by atoms with E-state index in [4.69, 9.17) is 10.5 Å². The van der Waals surface area contributed by atoms with Crippen molar-refractivity contribution in [2.24, 2.45) is 5.73 Å². The summed E-state index contributed by atoms with van der Waals surface area (Å²) in [5.74, 6) is 0. The van der Waals surface area contributed by atoms with Crippen molar-refractivity contribution < 1.29 is 4.74 Å². The molecule has 1 rings (SSSR count). The van der Waals surface area contributed by atoms with Crippen molar-refractivity contribution in [2.75, 3.05) is 26.7 Å². The lowest BCUT2D eigenvalue weighted by Crippen LogP contribution is -2.44. The van der Waals surface area contributed by atoms with E-state index in [1.165, 1.54) is 19.4 Å². The van der Waals surface area contributed by atoms with Crippen molar-refractivity contribution in [2.45, 2.75) is 31.9 Å². The van der Waals surface area contributed by atoms with Gasteiger partial charge in [-0.2, -0.15) is 0 Å². The maximum absolute atomic E-state index is 5.73. The maximum Gasteiger partial charge on any atom is 0.0698 e. The van der Waals surface area contributed by atoms with E-state index in [0.29, 0.717) is 6.10 Å².